The molecule has 0 spiro atoms. The van der Waals surface area contributed by atoms with Gasteiger partial charge in [0, 0.05) is 17.3 Å². The number of benzene rings is 2. The zero-order valence-electron chi connectivity index (χ0n) is 14.6. The molecule has 0 aliphatic carbocycles. The van der Waals surface area contributed by atoms with Crippen LogP contribution in [0.1, 0.15) is 0 Å². The molecule has 0 unspecified atom stereocenters. The van der Waals surface area contributed by atoms with E-state index in [1.807, 2.05) is 12.1 Å². The minimum Gasteiger partial charge on any atom is -0.486 e. The summed E-state index contributed by atoms with van der Waals surface area (Å²) in [6, 6.07) is 12.5. The number of carbonyl (C=O) groups is 1. The Labute approximate surface area is 170 Å². The Morgan fingerprint density at radius 2 is 1.96 bits per heavy atom. The maximum absolute atomic E-state index is 12.3. The van der Waals surface area contributed by atoms with E-state index >= 15 is 0 Å². The van der Waals surface area contributed by atoms with Gasteiger partial charge in [-0.25, -0.2) is 4.68 Å². The molecule has 2 heterocycles. The Kier molecular flexibility index (Phi) is 5.27. The zero-order valence-corrected chi connectivity index (χ0v) is 16.2. The average Bonchev–Trinajstić information content (AvgIpc) is 3.07. The molecular formula is C18H16ClN5O3S. The van der Waals surface area contributed by atoms with Crippen LogP contribution in [0.5, 0.6) is 11.5 Å². The summed E-state index contributed by atoms with van der Waals surface area (Å²) in [5, 5.41) is 11.9. The van der Waals surface area contributed by atoms with Gasteiger partial charge in [-0.2, -0.15) is 0 Å². The lowest BCUT2D eigenvalue weighted by Crippen LogP contribution is -2.18. The summed E-state index contributed by atoms with van der Waals surface area (Å²) in [4.78, 5) is 12.3. The van der Waals surface area contributed by atoms with Crippen LogP contribution >= 0.6 is 23.4 Å². The highest BCUT2D eigenvalue weighted by Crippen LogP contribution is 2.33. The number of ether oxygens (including phenoxy) is 2. The monoisotopic (exact) mass is 417 g/mol. The van der Waals surface area contributed by atoms with E-state index in [1.54, 1.807) is 30.3 Å². The van der Waals surface area contributed by atoms with Gasteiger partial charge >= 0.3 is 0 Å². The van der Waals surface area contributed by atoms with Crippen molar-refractivity contribution in [1.29, 1.82) is 0 Å². The van der Waals surface area contributed by atoms with Crippen LogP contribution in [0.3, 0.4) is 0 Å². The van der Waals surface area contributed by atoms with Crippen molar-refractivity contribution in [2.24, 2.45) is 0 Å². The van der Waals surface area contributed by atoms with E-state index in [1.165, 1.54) is 16.4 Å². The number of nitrogen functional groups attached to an aromatic ring is 1. The van der Waals surface area contributed by atoms with Crippen molar-refractivity contribution < 1.29 is 14.3 Å². The number of halogens is 1. The summed E-state index contributed by atoms with van der Waals surface area (Å²) in [5.74, 6) is 7.70. The molecule has 8 nitrogen and oxygen atoms in total. The third kappa shape index (κ3) is 3.85. The number of fused-ring (bicyclic) bond motifs is 1. The molecule has 0 bridgehead atoms. The maximum atomic E-state index is 12.3. The van der Waals surface area contributed by atoms with Crippen molar-refractivity contribution >= 4 is 35.0 Å². The van der Waals surface area contributed by atoms with Crippen LogP contribution in [-0.4, -0.2) is 39.7 Å². The van der Waals surface area contributed by atoms with Crippen molar-refractivity contribution in [2.45, 2.75) is 5.16 Å². The van der Waals surface area contributed by atoms with Gasteiger partial charge in [0.25, 0.3) is 0 Å². The maximum Gasteiger partial charge on any atom is 0.234 e. The van der Waals surface area contributed by atoms with Gasteiger partial charge < -0.3 is 20.6 Å². The predicted molar refractivity (Wildman–Crippen MR) is 107 cm³/mol. The molecule has 3 aromatic rings. The van der Waals surface area contributed by atoms with Crippen LogP contribution < -0.4 is 20.6 Å². The second-order valence-corrected chi connectivity index (χ2v) is 7.20. The number of nitrogens with zero attached hydrogens (tertiary/aromatic N) is 3. The highest BCUT2D eigenvalue weighted by atomic mass is 35.5. The quantitative estimate of drug-likeness (QED) is 0.485. The molecule has 144 valence electrons. The normalized spacial score (nSPS) is 12.6. The highest BCUT2D eigenvalue weighted by molar-refractivity contribution is 7.99. The van der Waals surface area contributed by atoms with Crippen LogP contribution in [0, 0.1) is 0 Å². The van der Waals surface area contributed by atoms with E-state index in [2.05, 4.69) is 15.5 Å². The van der Waals surface area contributed by atoms with Crippen molar-refractivity contribution in [2.75, 3.05) is 30.1 Å². The molecule has 0 atom stereocenters. The van der Waals surface area contributed by atoms with Gasteiger partial charge in [-0.05, 0) is 24.3 Å². The van der Waals surface area contributed by atoms with Crippen molar-refractivity contribution in [3.63, 3.8) is 0 Å². The fraction of sp³-hybridized carbons (Fsp3) is 0.167. The Morgan fingerprint density at radius 1 is 1.18 bits per heavy atom. The van der Waals surface area contributed by atoms with Crippen LogP contribution in [-0.2, 0) is 4.79 Å². The SMILES string of the molecule is Nn1c(SCC(=O)Nc2ccc3c(c2)OCCO3)nnc1-c1ccccc1Cl. The molecule has 0 saturated carbocycles. The summed E-state index contributed by atoms with van der Waals surface area (Å²) < 4.78 is 12.3. The minimum atomic E-state index is -0.205. The van der Waals surface area contributed by atoms with Gasteiger partial charge in [-0.1, -0.05) is 35.5 Å². The van der Waals surface area contributed by atoms with Crippen LogP contribution in [0.25, 0.3) is 11.4 Å². The standard InChI is InChI=1S/C18H16ClN5O3S/c19-13-4-2-1-3-12(13)17-22-23-18(24(17)20)28-10-16(25)21-11-5-6-14-15(9-11)27-8-7-26-14/h1-6,9H,7-8,10,20H2,(H,21,25). The first-order valence-electron chi connectivity index (χ1n) is 8.39. The van der Waals surface area contributed by atoms with E-state index in [4.69, 9.17) is 26.9 Å². The lowest BCUT2D eigenvalue weighted by molar-refractivity contribution is -0.113. The molecule has 10 heteroatoms. The molecular weight excluding hydrogens is 402 g/mol. The largest absolute Gasteiger partial charge is 0.486 e. The molecule has 0 radical (unpaired) electrons. The third-order valence-electron chi connectivity index (χ3n) is 3.94. The summed E-state index contributed by atoms with van der Waals surface area (Å²) >= 11 is 7.36. The highest BCUT2D eigenvalue weighted by Gasteiger charge is 2.16. The van der Waals surface area contributed by atoms with Crippen LogP contribution in [0.15, 0.2) is 47.6 Å². The number of aromatic nitrogens is 3. The van der Waals surface area contributed by atoms with Crippen LogP contribution in [0.2, 0.25) is 5.02 Å². The molecule has 1 amide bonds. The molecule has 2 aromatic carbocycles. The van der Waals surface area contributed by atoms with Crippen molar-refractivity contribution in [1.82, 2.24) is 14.9 Å². The Bertz CT molecular complexity index is 1030. The number of thioether (sulfide) groups is 1. The summed E-state index contributed by atoms with van der Waals surface area (Å²) in [5.41, 5.74) is 1.30. The van der Waals surface area contributed by atoms with E-state index in [-0.39, 0.29) is 11.7 Å². The summed E-state index contributed by atoms with van der Waals surface area (Å²) in [7, 11) is 0. The van der Waals surface area contributed by atoms with E-state index in [0.29, 0.717) is 52.0 Å². The van der Waals surface area contributed by atoms with Crippen LogP contribution in [0.4, 0.5) is 5.69 Å². The zero-order chi connectivity index (χ0) is 19.5. The topological polar surface area (TPSA) is 104 Å². The molecule has 0 fully saturated rings. The molecule has 1 aromatic heterocycles. The fourth-order valence-corrected chi connectivity index (χ4v) is 3.53. The lowest BCUT2D eigenvalue weighted by atomic mass is 10.2. The van der Waals surface area contributed by atoms with Gasteiger partial charge in [-0.3, -0.25) is 4.79 Å². The predicted octanol–water partition coefficient (Wildman–Crippen LogP) is 2.81. The van der Waals surface area contributed by atoms with Crippen molar-refractivity contribution in [3.8, 4) is 22.9 Å². The molecule has 4 rings (SSSR count). The van der Waals surface area contributed by atoms with Gasteiger partial charge in [0.15, 0.2) is 17.3 Å². The smallest absolute Gasteiger partial charge is 0.234 e. The first-order chi connectivity index (χ1) is 13.6. The minimum absolute atomic E-state index is 0.117. The van der Waals surface area contributed by atoms with E-state index < -0.39 is 0 Å². The number of hydrogen-bond acceptors (Lipinski definition) is 7. The number of rotatable bonds is 5. The number of nitrogens with one attached hydrogen (secondary N) is 1. The average molecular weight is 418 g/mol. The Balaban J connectivity index is 1.40. The first kappa shape index (κ1) is 18.5. The number of nitrogens with two attached hydrogens (primary N) is 1. The van der Waals surface area contributed by atoms with Gasteiger partial charge in [-0.15, -0.1) is 10.2 Å². The van der Waals surface area contributed by atoms with Gasteiger partial charge in [0.05, 0.1) is 10.8 Å². The molecule has 3 N–H and O–H groups in total. The Hall–Kier alpha value is -2.91. The first-order valence-corrected chi connectivity index (χ1v) is 9.76. The number of hydrogen-bond donors (Lipinski definition) is 2. The Morgan fingerprint density at radius 3 is 2.79 bits per heavy atom. The molecule has 1 aliphatic heterocycles. The van der Waals surface area contributed by atoms with E-state index in [9.17, 15) is 4.79 Å². The fourth-order valence-electron chi connectivity index (χ4n) is 2.65. The van der Waals surface area contributed by atoms with E-state index in [0.717, 1.165) is 0 Å². The summed E-state index contributed by atoms with van der Waals surface area (Å²) in [6.45, 7) is 1.01. The molecule has 28 heavy (non-hydrogen) atoms. The number of anilines is 1. The summed E-state index contributed by atoms with van der Waals surface area (Å²) in [6.07, 6.45) is 0. The molecule has 1 aliphatic rings. The number of amides is 1. The van der Waals surface area contributed by atoms with Gasteiger partial charge in [0.1, 0.15) is 13.2 Å². The van der Waals surface area contributed by atoms with Crippen molar-refractivity contribution in [3.05, 3.63) is 47.5 Å². The van der Waals surface area contributed by atoms with Gasteiger partial charge in [0.2, 0.25) is 11.1 Å². The molecule has 0 saturated heterocycles. The number of carbonyl (C=O) groups excluding carboxylic acids is 1. The second-order valence-electron chi connectivity index (χ2n) is 5.85. The second kappa shape index (κ2) is 7.99. The third-order valence-corrected chi connectivity index (χ3v) is 5.21. The lowest BCUT2D eigenvalue weighted by Gasteiger charge is -2.18.